The van der Waals surface area contributed by atoms with Crippen LogP contribution in [-0.4, -0.2) is 37.5 Å². The summed E-state index contributed by atoms with van der Waals surface area (Å²) >= 11 is 0. The van der Waals surface area contributed by atoms with Crippen molar-refractivity contribution < 1.29 is 4.79 Å². The van der Waals surface area contributed by atoms with Gasteiger partial charge in [0.2, 0.25) is 5.91 Å². The third-order valence-corrected chi connectivity index (χ3v) is 2.86. The number of nitrogens with two attached hydrogens (primary N) is 1. The maximum Gasteiger partial charge on any atom is 0.248 e. The highest BCUT2D eigenvalue weighted by atomic mass is 16.1. The van der Waals surface area contributed by atoms with E-state index in [-0.39, 0.29) is 5.91 Å². The van der Waals surface area contributed by atoms with Crippen LogP contribution in [0.2, 0.25) is 0 Å². The number of primary amides is 1. The molecule has 1 aromatic carbocycles. The van der Waals surface area contributed by atoms with Gasteiger partial charge in [0, 0.05) is 24.7 Å². The number of amides is 1. The number of hydrogen-bond acceptors (Lipinski definition) is 3. The lowest BCUT2D eigenvalue weighted by Gasteiger charge is -2.20. The van der Waals surface area contributed by atoms with E-state index in [9.17, 15) is 4.79 Å². The quantitative estimate of drug-likeness (QED) is 0.767. The van der Waals surface area contributed by atoms with Gasteiger partial charge in [0.05, 0.1) is 0 Å². The van der Waals surface area contributed by atoms with E-state index in [4.69, 9.17) is 5.73 Å². The van der Waals surface area contributed by atoms with Gasteiger partial charge in [0.1, 0.15) is 0 Å². The van der Waals surface area contributed by atoms with Gasteiger partial charge in [-0.15, -0.1) is 0 Å². The molecule has 4 heteroatoms. The van der Waals surface area contributed by atoms with Crippen LogP contribution in [0.4, 0.5) is 0 Å². The number of nitrogens with one attached hydrogen (secondary N) is 1. The van der Waals surface area contributed by atoms with Crippen LogP contribution < -0.4 is 11.1 Å². The van der Waals surface area contributed by atoms with Gasteiger partial charge in [-0.25, -0.2) is 0 Å². The minimum absolute atomic E-state index is 0.381. The second-order valence-electron chi connectivity index (χ2n) is 4.51. The van der Waals surface area contributed by atoms with E-state index in [1.807, 2.05) is 18.2 Å². The first-order valence-corrected chi connectivity index (χ1v) is 5.76. The summed E-state index contributed by atoms with van der Waals surface area (Å²) in [6, 6.07) is 7.88. The molecule has 0 fully saturated rings. The van der Waals surface area contributed by atoms with Gasteiger partial charge in [0.15, 0.2) is 0 Å². The molecule has 0 aliphatic rings. The largest absolute Gasteiger partial charge is 0.366 e. The van der Waals surface area contributed by atoms with Crippen LogP contribution in [0.3, 0.4) is 0 Å². The highest BCUT2D eigenvalue weighted by Gasteiger charge is 2.04. The Morgan fingerprint density at radius 3 is 2.76 bits per heavy atom. The lowest BCUT2D eigenvalue weighted by atomic mass is 10.1. The SMILES string of the molecule is CC(CNCc1cccc(C(N)=O)c1)N(C)C. The summed E-state index contributed by atoms with van der Waals surface area (Å²) in [5.74, 6) is -0.381. The van der Waals surface area contributed by atoms with Crippen molar-refractivity contribution in [3.05, 3.63) is 35.4 Å². The number of likely N-dealkylation sites (N-methyl/N-ethyl adjacent to an activating group) is 1. The fraction of sp³-hybridized carbons (Fsp3) is 0.462. The standard InChI is InChI=1S/C13H21N3O/c1-10(16(2)3)8-15-9-11-5-4-6-12(7-11)13(14)17/h4-7,10,15H,8-9H2,1-3H3,(H2,14,17). The second kappa shape index (κ2) is 6.37. The van der Waals surface area contributed by atoms with Crippen LogP contribution >= 0.6 is 0 Å². The molecule has 0 aliphatic carbocycles. The molecule has 0 saturated heterocycles. The molecule has 0 aromatic heterocycles. The molecule has 1 atom stereocenters. The molecule has 0 spiro atoms. The number of carbonyl (C=O) groups is 1. The van der Waals surface area contributed by atoms with Gasteiger partial charge in [-0.05, 0) is 38.7 Å². The zero-order valence-electron chi connectivity index (χ0n) is 10.7. The Balaban J connectivity index is 2.47. The van der Waals surface area contributed by atoms with Crippen LogP contribution in [0.25, 0.3) is 0 Å². The highest BCUT2D eigenvalue weighted by molar-refractivity contribution is 5.92. The first kappa shape index (κ1) is 13.7. The summed E-state index contributed by atoms with van der Waals surface area (Å²) in [7, 11) is 4.11. The molecule has 94 valence electrons. The minimum Gasteiger partial charge on any atom is -0.366 e. The molecular formula is C13H21N3O. The number of benzene rings is 1. The Hall–Kier alpha value is -1.39. The monoisotopic (exact) mass is 235 g/mol. The van der Waals surface area contributed by atoms with Gasteiger partial charge in [-0.1, -0.05) is 12.1 Å². The molecule has 0 radical (unpaired) electrons. The zero-order valence-corrected chi connectivity index (χ0v) is 10.7. The van der Waals surface area contributed by atoms with Crippen LogP contribution in [0.1, 0.15) is 22.8 Å². The molecule has 1 rings (SSSR count). The third kappa shape index (κ3) is 4.54. The fourth-order valence-electron chi connectivity index (χ4n) is 1.44. The predicted molar refractivity (Wildman–Crippen MR) is 69.8 cm³/mol. The molecule has 17 heavy (non-hydrogen) atoms. The van der Waals surface area contributed by atoms with Gasteiger partial charge in [0.25, 0.3) is 0 Å². The molecule has 4 nitrogen and oxygen atoms in total. The van der Waals surface area contributed by atoms with E-state index in [1.165, 1.54) is 0 Å². The molecule has 1 amide bonds. The second-order valence-corrected chi connectivity index (χ2v) is 4.51. The van der Waals surface area contributed by atoms with E-state index >= 15 is 0 Å². The van der Waals surface area contributed by atoms with E-state index in [0.29, 0.717) is 11.6 Å². The summed E-state index contributed by atoms with van der Waals surface area (Å²) < 4.78 is 0. The topological polar surface area (TPSA) is 58.4 Å². The summed E-state index contributed by atoms with van der Waals surface area (Å²) in [5.41, 5.74) is 6.87. The minimum atomic E-state index is -0.381. The normalized spacial score (nSPS) is 12.7. The van der Waals surface area contributed by atoms with Gasteiger partial charge in [-0.3, -0.25) is 4.79 Å². The van der Waals surface area contributed by atoms with Crippen LogP contribution in [0, 0.1) is 0 Å². The maximum atomic E-state index is 11.0. The van der Waals surface area contributed by atoms with Crippen molar-refractivity contribution in [3.8, 4) is 0 Å². The van der Waals surface area contributed by atoms with E-state index in [1.54, 1.807) is 6.07 Å². The first-order chi connectivity index (χ1) is 8.00. The highest BCUT2D eigenvalue weighted by Crippen LogP contribution is 2.04. The summed E-state index contributed by atoms with van der Waals surface area (Å²) in [5, 5.41) is 3.36. The van der Waals surface area contributed by atoms with Crippen molar-refractivity contribution in [1.82, 2.24) is 10.2 Å². The molecular weight excluding hydrogens is 214 g/mol. The molecule has 1 aromatic rings. The molecule has 0 aliphatic heterocycles. The van der Waals surface area contributed by atoms with Crippen molar-refractivity contribution >= 4 is 5.91 Å². The number of nitrogens with zero attached hydrogens (tertiary/aromatic N) is 1. The molecule has 0 heterocycles. The van der Waals surface area contributed by atoms with E-state index in [0.717, 1.165) is 18.7 Å². The van der Waals surface area contributed by atoms with Crippen molar-refractivity contribution in [2.75, 3.05) is 20.6 Å². The number of rotatable bonds is 6. The average molecular weight is 235 g/mol. The Morgan fingerprint density at radius 1 is 1.47 bits per heavy atom. The lowest BCUT2D eigenvalue weighted by Crippen LogP contribution is -2.35. The zero-order chi connectivity index (χ0) is 12.8. The number of carbonyl (C=O) groups excluding carboxylic acids is 1. The van der Waals surface area contributed by atoms with E-state index in [2.05, 4.69) is 31.2 Å². The Kier molecular flexibility index (Phi) is 5.12. The van der Waals surface area contributed by atoms with Gasteiger partial charge >= 0.3 is 0 Å². The van der Waals surface area contributed by atoms with Crippen LogP contribution in [-0.2, 0) is 6.54 Å². The van der Waals surface area contributed by atoms with Crippen molar-refractivity contribution in [3.63, 3.8) is 0 Å². The van der Waals surface area contributed by atoms with Crippen LogP contribution in [0.5, 0.6) is 0 Å². The fourth-order valence-corrected chi connectivity index (χ4v) is 1.44. The molecule has 0 saturated carbocycles. The Labute approximate surface area is 103 Å². The first-order valence-electron chi connectivity index (χ1n) is 5.76. The maximum absolute atomic E-state index is 11.0. The molecule has 1 unspecified atom stereocenters. The average Bonchev–Trinajstić information content (AvgIpc) is 2.29. The summed E-state index contributed by atoms with van der Waals surface area (Å²) in [4.78, 5) is 13.2. The summed E-state index contributed by atoms with van der Waals surface area (Å²) in [6.45, 7) is 3.82. The Morgan fingerprint density at radius 2 is 2.18 bits per heavy atom. The predicted octanol–water partition coefficient (Wildman–Crippen LogP) is 0.825. The van der Waals surface area contributed by atoms with Crippen molar-refractivity contribution in [1.29, 1.82) is 0 Å². The van der Waals surface area contributed by atoms with Crippen molar-refractivity contribution in [2.24, 2.45) is 5.73 Å². The van der Waals surface area contributed by atoms with Crippen molar-refractivity contribution in [2.45, 2.75) is 19.5 Å². The Bertz CT molecular complexity index is 377. The third-order valence-electron chi connectivity index (χ3n) is 2.86. The van der Waals surface area contributed by atoms with Gasteiger partial charge < -0.3 is 16.0 Å². The van der Waals surface area contributed by atoms with Crippen LogP contribution in [0.15, 0.2) is 24.3 Å². The molecule has 0 bridgehead atoms. The lowest BCUT2D eigenvalue weighted by molar-refractivity contribution is 0.1000. The number of hydrogen-bond donors (Lipinski definition) is 2. The van der Waals surface area contributed by atoms with E-state index < -0.39 is 0 Å². The summed E-state index contributed by atoms with van der Waals surface area (Å²) in [6.07, 6.45) is 0. The molecule has 3 N–H and O–H groups in total. The van der Waals surface area contributed by atoms with Gasteiger partial charge in [-0.2, -0.15) is 0 Å². The smallest absolute Gasteiger partial charge is 0.248 e.